The number of ether oxygens (including phenoxy) is 4. The minimum Gasteiger partial charge on any atom is -0.496 e. The van der Waals surface area contributed by atoms with Crippen molar-refractivity contribution in [2.75, 3.05) is 37.6 Å². The fourth-order valence-corrected chi connectivity index (χ4v) is 7.52. The van der Waals surface area contributed by atoms with E-state index in [0.717, 1.165) is 44.1 Å². The van der Waals surface area contributed by atoms with Crippen molar-refractivity contribution in [3.05, 3.63) is 52.1 Å². The minimum absolute atomic E-state index is 0.0860. The molecular weight excluding hydrogens is 614 g/mol. The number of rotatable bonds is 15. The summed E-state index contributed by atoms with van der Waals surface area (Å²) >= 11 is 0. The normalized spacial score (nSPS) is 22.9. The van der Waals surface area contributed by atoms with Crippen LogP contribution in [0.3, 0.4) is 0 Å². The molecule has 48 heavy (non-hydrogen) atoms. The highest BCUT2D eigenvalue weighted by Gasteiger charge is 2.48. The maximum Gasteiger partial charge on any atom is 0.333 e. The molecule has 0 spiro atoms. The fourth-order valence-electron chi connectivity index (χ4n) is 7.52. The summed E-state index contributed by atoms with van der Waals surface area (Å²) in [6.07, 6.45) is 12.2. The van der Waals surface area contributed by atoms with Gasteiger partial charge in [-0.1, -0.05) is 50.7 Å². The van der Waals surface area contributed by atoms with Crippen LogP contribution in [0.25, 0.3) is 0 Å². The first-order valence-corrected chi connectivity index (χ1v) is 17.8. The first-order valence-electron chi connectivity index (χ1n) is 17.8. The summed E-state index contributed by atoms with van der Waals surface area (Å²) in [4.78, 5) is 25.9. The summed E-state index contributed by atoms with van der Waals surface area (Å²) in [6.45, 7) is 2.64. The van der Waals surface area contributed by atoms with Crippen LogP contribution in [0.15, 0.2) is 36.4 Å². The number of aryl methyl sites for hydroxylation is 1. The van der Waals surface area contributed by atoms with Crippen LogP contribution in [0.5, 0.6) is 11.5 Å². The van der Waals surface area contributed by atoms with Crippen molar-refractivity contribution < 1.29 is 33.8 Å². The summed E-state index contributed by atoms with van der Waals surface area (Å²) in [5.41, 5.74) is 0.730. The molecule has 2 aromatic carbocycles. The molecule has 0 aliphatic heterocycles. The van der Waals surface area contributed by atoms with Crippen molar-refractivity contribution in [1.82, 2.24) is 0 Å². The summed E-state index contributed by atoms with van der Waals surface area (Å²) < 4.78 is 23.4. The van der Waals surface area contributed by atoms with Crippen molar-refractivity contribution in [1.29, 1.82) is 0 Å². The van der Waals surface area contributed by atoms with Crippen LogP contribution in [0.1, 0.15) is 95.5 Å². The van der Waals surface area contributed by atoms with E-state index in [0.29, 0.717) is 49.4 Å². The number of nitro benzene ring substituents is 1. The summed E-state index contributed by atoms with van der Waals surface area (Å²) in [6, 6.07) is 10.4. The lowest BCUT2D eigenvalue weighted by atomic mass is 9.68. The van der Waals surface area contributed by atoms with Crippen molar-refractivity contribution in [3.63, 3.8) is 0 Å². The van der Waals surface area contributed by atoms with Crippen LogP contribution >= 0.6 is 0 Å². The van der Waals surface area contributed by atoms with Crippen molar-refractivity contribution in [3.8, 4) is 11.5 Å². The van der Waals surface area contributed by atoms with Crippen LogP contribution in [0, 0.1) is 22.5 Å². The lowest BCUT2D eigenvalue weighted by Gasteiger charge is -2.42. The lowest BCUT2D eigenvalue weighted by molar-refractivity contribution is -0.385. The van der Waals surface area contributed by atoms with Gasteiger partial charge in [0, 0.05) is 17.8 Å². The number of methoxy groups -OCH3 is 1. The number of nitrogens with zero attached hydrogens (tertiary/aromatic N) is 1. The van der Waals surface area contributed by atoms with Crippen LogP contribution < -0.4 is 20.1 Å². The molecule has 3 saturated carbocycles. The molecular formula is C37H53N3O8. The molecule has 1 unspecified atom stereocenters. The zero-order valence-electron chi connectivity index (χ0n) is 28.5. The average molecular weight is 668 g/mol. The van der Waals surface area contributed by atoms with Gasteiger partial charge in [-0.2, -0.15) is 0 Å². The Balaban J connectivity index is 1.25. The maximum absolute atomic E-state index is 14.0. The van der Waals surface area contributed by atoms with Gasteiger partial charge in [-0.15, -0.1) is 0 Å². The van der Waals surface area contributed by atoms with E-state index in [2.05, 4.69) is 10.6 Å². The number of carbonyl (C=O) groups is 1. The highest BCUT2D eigenvalue weighted by atomic mass is 16.6. The Morgan fingerprint density at radius 3 is 2.25 bits per heavy atom. The third-order valence-electron chi connectivity index (χ3n) is 10.5. The zero-order valence-corrected chi connectivity index (χ0v) is 28.5. The molecule has 11 nitrogen and oxygen atoms in total. The second-order valence-corrected chi connectivity index (χ2v) is 13.7. The predicted molar refractivity (Wildman–Crippen MR) is 185 cm³/mol. The smallest absolute Gasteiger partial charge is 0.333 e. The number of hydrogen-bond donors (Lipinski definition) is 3. The number of hydrogen-bond acceptors (Lipinski definition) is 9. The zero-order chi connectivity index (χ0) is 33.9. The van der Waals surface area contributed by atoms with Crippen molar-refractivity contribution >= 4 is 23.0 Å². The molecule has 1 atom stereocenters. The van der Waals surface area contributed by atoms with Gasteiger partial charge in [-0.05, 0) is 82.1 Å². The molecule has 0 bridgehead atoms. The van der Waals surface area contributed by atoms with Gasteiger partial charge in [0.15, 0.2) is 5.75 Å². The molecule has 264 valence electrons. The molecule has 0 radical (unpaired) electrons. The standard InChI is InChI=1S/C37H53N3O8/c1-26-16-17-28(24-33(26)45-2)39-36(42)37(34(41)25-48-30-12-7-4-8-13-30)20-18-27(19-21-37)38-31-14-9-15-32(35(31)40(43)44)47-23-22-46-29-10-5-3-6-11-29/h9,14-17,24,27,29-30,34,38,41H,3-8,10-13,18-23,25H2,1-2H3,(H,39,42). The van der Waals surface area contributed by atoms with Gasteiger partial charge in [0.05, 0.1) is 49.0 Å². The number of nitro groups is 1. The van der Waals surface area contributed by atoms with Crippen LogP contribution in [0.4, 0.5) is 17.1 Å². The third-order valence-corrected chi connectivity index (χ3v) is 10.5. The molecule has 1 amide bonds. The first kappa shape index (κ1) is 35.9. The Labute approximate surface area is 284 Å². The summed E-state index contributed by atoms with van der Waals surface area (Å²) in [7, 11) is 1.59. The van der Waals surface area contributed by atoms with Gasteiger partial charge in [0.2, 0.25) is 5.91 Å². The predicted octanol–water partition coefficient (Wildman–Crippen LogP) is 7.33. The molecule has 0 aromatic heterocycles. The van der Waals surface area contributed by atoms with E-state index >= 15 is 0 Å². The number of benzene rings is 2. The molecule has 11 heteroatoms. The van der Waals surface area contributed by atoms with Gasteiger partial charge in [0.25, 0.3) is 0 Å². The molecule has 3 aliphatic rings. The third kappa shape index (κ3) is 9.18. The molecule has 0 heterocycles. The van der Waals surface area contributed by atoms with E-state index in [4.69, 9.17) is 18.9 Å². The molecule has 0 saturated heterocycles. The molecule has 3 aliphatic carbocycles. The number of carbonyl (C=O) groups excluding carboxylic acids is 1. The Bertz CT molecular complexity index is 1350. The Hall–Kier alpha value is -3.41. The number of amides is 1. The first-order chi connectivity index (χ1) is 23.3. The molecule has 2 aromatic rings. The number of aliphatic hydroxyl groups is 1. The van der Waals surface area contributed by atoms with Gasteiger partial charge < -0.3 is 34.7 Å². The van der Waals surface area contributed by atoms with E-state index in [9.17, 15) is 20.0 Å². The van der Waals surface area contributed by atoms with Gasteiger partial charge in [-0.25, -0.2) is 0 Å². The second kappa shape index (κ2) is 17.3. The highest BCUT2D eigenvalue weighted by molar-refractivity contribution is 5.96. The van der Waals surface area contributed by atoms with Crippen molar-refractivity contribution in [2.45, 2.75) is 121 Å². The number of para-hydroxylation sites is 1. The van der Waals surface area contributed by atoms with E-state index in [1.807, 2.05) is 19.1 Å². The number of nitrogens with one attached hydrogen (secondary N) is 2. The van der Waals surface area contributed by atoms with Gasteiger partial charge in [-0.3, -0.25) is 14.9 Å². The molecule has 3 fully saturated rings. The maximum atomic E-state index is 14.0. The van der Waals surface area contributed by atoms with E-state index in [-0.39, 0.29) is 48.8 Å². The SMILES string of the molecule is COc1cc(NC(=O)C2(C(O)COC3CCCCC3)CCC(Nc3cccc(OCCOC4CCCCC4)c3[N+](=O)[O-])CC2)ccc1C. The highest BCUT2D eigenvalue weighted by Crippen LogP contribution is 2.44. The average Bonchev–Trinajstić information content (AvgIpc) is 3.11. The fraction of sp³-hybridized carbons (Fsp3) is 0.649. The largest absolute Gasteiger partial charge is 0.496 e. The topological polar surface area (TPSA) is 141 Å². The molecule has 5 rings (SSSR count). The minimum atomic E-state index is -1.08. The summed E-state index contributed by atoms with van der Waals surface area (Å²) in [5.74, 6) is 0.606. The second-order valence-electron chi connectivity index (χ2n) is 13.7. The lowest BCUT2D eigenvalue weighted by Crippen LogP contribution is -2.51. The Morgan fingerprint density at radius 2 is 1.60 bits per heavy atom. The van der Waals surface area contributed by atoms with E-state index < -0.39 is 16.4 Å². The number of anilines is 2. The van der Waals surface area contributed by atoms with Gasteiger partial charge in [0.1, 0.15) is 18.0 Å². The van der Waals surface area contributed by atoms with Crippen molar-refractivity contribution in [2.24, 2.45) is 5.41 Å². The van der Waals surface area contributed by atoms with Crippen LogP contribution in [-0.2, 0) is 14.3 Å². The number of aliphatic hydroxyl groups excluding tert-OH is 1. The van der Waals surface area contributed by atoms with Crippen LogP contribution in [0.2, 0.25) is 0 Å². The summed E-state index contributed by atoms with van der Waals surface area (Å²) in [5, 5.41) is 30.3. The Kier molecular flexibility index (Phi) is 12.9. The van der Waals surface area contributed by atoms with Crippen LogP contribution in [-0.4, -0.2) is 67.2 Å². The Morgan fingerprint density at radius 1 is 0.938 bits per heavy atom. The molecule has 3 N–H and O–H groups in total. The quantitative estimate of drug-likeness (QED) is 0.101. The van der Waals surface area contributed by atoms with Gasteiger partial charge >= 0.3 is 5.69 Å². The monoisotopic (exact) mass is 667 g/mol. The van der Waals surface area contributed by atoms with E-state index in [1.165, 1.54) is 25.7 Å². The van der Waals surface area contributed by atoms with E-state index in [1.54, 1.807) is 31.4 Å².